The molecule has 2 unspecified atom stereocenters. The number of para-hydroxylation sites is 1. The highest BCUT2D eigenvalue weighted by atomic mass is 16.6. The molecule has 27 heavy (non-hydrogen) atoms. The lowest BCUT2D eigenvalue weighted by Crippen LogP contribution is -2.33. The number of carbonyl (C=O) groups is 1. The molecule has 2 aromatic carbocycles. The fraction of sp³-hybridized carbons (Fsp3) is 0.381. The maximum Gasteiger partial charge on any atom is 0.269 e. The molecule has 0 fully saturated rings. The Bertz CT molecular complexity index is 820. The van der Waals surface area contributed by atoms with Crippen LogP contribution >= 0.6 is 0 Å². The summed E-state index contributed by atoms with van der Waals surface area (Å²) >= 11 is 0. The van der Waals surface area contributed by atoms with Crippen molar-refractivity contribution < 1.29 is 14.5 Å². The zero-order valence-electron chi connectivity index (χ0n) is 16.2. The largest absolute Gasteiger partial charge is 0.480 e. The number of rotatable bonds is 8. The highest BCUT2D eigenvalue weighted by Crippen LogP contribution is 2.30. The molecule has 0 saturated heterocycles. The highest BCUT2D eigenvalue weighted by Gasteiger charge is 2.22. The van der Waals surface area contributed by atoms with E-state index in [4.69, 9.17) is 4.74 Å². The van der Waals surface area contributed by atoms with Crippen LogP contribution in [0.4, 0.5) is 11.4 Å². The third kappa shape index (κ3) is 5.06. The number of nitro groups is 1. The lowest BCUT2D eigenvalue weighted by molar-refractivity contribution is -0.384. The van der Waals surface area contributed by atoms with Crippen LogP contribution < -0.4 is 10.1 Å². The number of carbonyl (C=O) groups excluding carboxylic acids is 1. The fourth-order valence-corrected chi connectivity index (χ4v) is 2.81. The van der Waals surface area contributed by atoms with Gasteiger partial charge in [0.15, 0.2) is 6.10 Å². The number of nitrogens with zero attached hydrogens (tertiary/aromatic N) is 1. The normalized spacial score (nSPS) is 12.9. The molecule has 1 amide bonds. The first kappa shape index (κ1) is 20.4. The Balaban J connectivity index is 2.17. The minimum absolute atomic E-state index is 0.00345. The molecule has 0 heterocycles. The molecular formula is C21H26N2O4. The van der Waals surface area contributed by atoms with Crippen LogP contribution in [0.5, 0.6) is 5.75 Å². The van der Waals surface area contributed by atoms with E-state index in [0.717, 1.165) is 12.0 Å². The molecule has 0 radical (unpaired) electrons. The summed E-state index contributed by atoms with van der Waals surface area (Å²) in [5.74, 6) is 0.779. The summed E-state index contributed by atoms with van der Waals surface area (Å²) in [5.41, 5.74) is 2.25. The quantitative estimate of drug-likeness (QED) is 0.511. The number of amides is 1. The van der Waals surface area contributed by atoms with Gasteiger partial charge < -0.3 is 10.1 Å². The number of aryl methyl sites for hydroxylation is 1. The number of anilines is 1. The van der Waals surface area contributed by atoms with Crippen molar-refractivity contribution in [3.05, 3.63) is 63.7 Å². The molecule has 0 spiro atoms. The third-order valence-electron chi connectivity index (χ3n) is 4.67. The molecule has 1 N–H and O–H groups in total. The minimum Gasteiger partial charge on any atom is -0.480 e. The molecule has 2 atom stereocenters. The van der Waals surface area contributed by atoms with E-state index < -0.39 is 11.0 Å². The van der Waals surface area contributed by atoms with Gasteiger partial charge in [0.25, 0.3) is 11.6 Å². The summed E-state index contributed by atoms with van der Waals surface area (Å²) in [4.78, 5) is 23.1. The summed E-state index contributed by atoms with van der Waals surface area (Å²) in [6.45, 7) is 7.85. The van der Waals surface area contributed by atoms with Gasteiger partial charge in [0.1, 0.15) is 5.75 Å². The van der Waals surface area contributed by atoms with E-state index in [2.05, 4.69) is 19.2 Å². The number of hydrogen-bond donors (Lipinski definition) is 1. The van der Waals surface area contributed by atoms with Crippen LogP contribution in [0.3, 0.4) is 0 Å². The maximum atomic E-state index is 12.7. The number of ether oxygens (including phenoxy) is 1. The summed E-state index contributed by atoms with van der Waals surface area (Å²) in [6, 6.07) is 12.1. The van der Waals surface area contributed by atoms with E-state index in [0.29, 0.717) is 29.3 Å². The van der Waals surface area contributed by atoms with Gasteiger partial charge in [-0.1, -0.05) is 39.0 Å². The van der Waals surface area contributed by atoms with Gasteiger partial charge in [0.05, 0.1) is 4.92 Å². The van der Waals surface area contributed by atoms with Crippen LogP contribution in [-0.2, 0) is 4.79 Å². The van der Waals surface area contributed by atoms with Crippen molar-refractivity contribution >= 4 is 17.3 Å². The first-order valence-electron chi connectivity index (χ1n) is 9.18. The average molecular weight is 370 g/mol. The Hall–Kier alpha value is -2.89. The zero-order valence-corrected chi connectivity index (χ0v) is 16.2. The highest BCUT2D eigenvalue weighted by molar-refractivity contribution is 5.95. The number of hydrogen-bond acceptors (Lipinski definition) is 4. The van der Waals surface area contributed by atoms with Gasteiger partial charge in [-0.2, -0.15) is 0 Å². The zero-order chi connectivity index (χ0) is 20.0. The van der Waals surface area contributed by atoms with Crippen molar-refractivity contribution in [3.8, 4) is 5.75 Å². The molecular weight excluding hydrogens is 344 g/mol. The first-order chi connectivity index (χ1) is 12.9. The topological polar surface area (TPSA) is 81.5 Å². The molecule has 0 aliphatic rings. The third-order valence-corrected chi connectivity index (χ3v) is 4.67. The Morgan fingerprint density at radius 2 is 1.89 bits per heavy atom. The molecule has 2 rings (SSSR count). The molecule has 0 bridgehead atoms. The predicted octanol–water partition coefficient (Wildman–Crippen LogP) is 5.21. The van der Waals surface area contributed by atoms with Crippen molar-refractivity contribution in [2.24, 2.45) is 0 Å². The maximum absolute atomic E-state index is 12.7. The monoisotopic (exact) mass is 370 g/mol. The van der Waals surface area contributed by atoms with Gasteiger partial charge >= 0.3 is 0 Å². The number of nitrogens with one attached hydrogen (secondary N) is 1. The number of non-ortho nitro benzene ring substituents is 1. The molecule has 0 saturated carbocycles. The Labute approximate surface area is 159 Å². The predicted molar refractivity (Wildman–Crippen MR) is 106 cm³/mol. The summed E-state index contributed by atoms with van der Waals surface area (Å²) in [5, 5.41) is 13.7. The molecule has 0 aromatic heterocycles. The second-order valence-corrected chi connectivity index (χ2v) is 6.61. The van der Waals surface area contributed by atoms with E-state index in [-0.39, 0.29) is 11.6 Å². The Morgan fingerprint density at radius 1 is 1.19 bits per heavy atom. The van der Waals surface area contributed by atoms with E-state index in [1.54, 1.807) is 13.0 Å². The molecule has 2 aromatic rings. The van der Waals surface area contributed by atoms with E-state index >= 15 is 0 Å². The molecule has 6 heteroatoms. The van der Waals surface area contributed by atoms with Gasteiger partial charge in [-0.3, -0.25) is 14.9 Å². The van der Waals surface area contributed by atoms with Crippen molar-refractivity contribution in [1.29, 1.82) is 0 Å². The second-order valence-electron chi connectivity index (χ2n) is 6.61. The standard InChI is InChI=1S/C21H26N2O4/c1-5-14(3)17-9-7-8-10-20(17)27-19(6-2)21(24)22-18-12-11-16(23(25)26)13-15(18)4/h7-14,19H,5-6H2,1-4H3,(H,22,24). The van der Waals surface area contributed by atoms with E-state index in [9.17, 15) is 14.9 Å². The van der Waals surface area contributed by atoms with Gasteiger partial charge in [0, 0.05) is 17.8 Å². The Morgan fingerprint density at radius 3 is 2.48 bits per heavy atom. The van der Waals surface area contributed by atoms with E-state index in [1.807, 2.05) is 31.2 Å². The van der Waals surface area contributed by atoms with Crippen LogP contribution in [-0.4, -0.2) is 16.9 Å². The van der Waals surface area contributed by atoms with Gasteiger partial charge in [-0.05, 0) is 48.9 Å². The lowest BCUT2D eigenvalue weighted by Gasteiger charge is -2.21. The number of benzene rings is 2. The van der Waals surface area contributed by atoms with Gasteiger partial charge in [-0.15, -0.1) is 0 Å². The summed E-state index contributed by atoms with van der Waals surface area (Å²) in [7, 11) is 0. The molecule has 6 nitrogen and oxygen atoms in total. The SMILES string of the molecule is CCC(Oc1ccccc1C(C)CC)C(=O)Nc1ccc([N+](=O)[O-])cc1C. The summed E-state index contributed by atoms with van der Waals surface area (Å²) < 4.78 is 6.03. The van der Waals surface area contributed by atoms with Crippen molar-refractivity contribution in [2.75, 3.05) is 5.32 Å². The van der Waals surface area contributed by atoms with Gasteiger partial charge in [-0.25, -0.2) is 0 Å². The van der Waals surface area contributed by atoms with Crippen LogP contribution in [0.25, 0.3) is 0 Å². The smallest absolute Gasteiger partial charge is 0.269 e. The fourth-order valence-electron chi connectivity index (χ4n) is 2.81. The van der Waals surface area contributed by atoms with Gasteiger partial charge in [0.2, 0.25) is 0 Å². The van der Waals surface area contributed by atoms with Crippen LogP contribution in [0.15, 0.2) is 42.5 Å². The van der Waals surface area contributed by atoms with Crippen molar-refractivity contribution in [2.45, 2.75) is 52.6 Å². The molecule has 0 aliphatic carbocycles. The van der Waals surface area contributed by atoms with Crippen LogP contribution in [0.2, 0.25) is 0 Å². The van der Waals surface area contributed by atoms with E-state index in [1.165, 1.54) is 12.1 Å². The van der Waals surface area contributed by atoms with Crippen molar-refractivity contribution in [3.63, 3.8) is 0 Å². The molecule has 0 aliphatic heterocycles. The average Bonchev–Trinajstić information content (AvgIpc) is 2.67. The second kappa shape index (κ2) is 9.16. The van der Waals surface area contributed by atoms with Crippen LogP contribution in [0, 0.1) is 17.0 Å². The minimum atomic E-state index is -0.648. The number of nitro benzene ring substituents is 1. The lowest BCUT2D eigenvalue weighted by atomic mass is 9.98. The Kier molecular flexibility index (Phi) is 6.93. The van der Waals surface area contributed by atoms with Crippen molar-refractivity contribution in [1.82, 2.24) is 0 Å². The first-order valence-corrected chi connectivity index (χ1v) is 9.18. The molecule has 144 valence electrons. The van der Waals surface area contributed by atoms with Crippen LogP contribution in [0.1, 0.15) is 50.7 Å². The summed E-state index contributed by atoms with van der Waals surface area (Å²) in [6.07, 6.45) is 0.836.